The molecule has 1 atom stereocenters. The van der Waals surface area contributed by atoms with Gasteiger partial charge < -0.3 is 5.32 Å². The second-order valence-corrected chi connectivity index (χ2v) is 6.38. The van der Waals surface area contributed by atoms with Crippen LogP contribution < -0.4 is 5.32 Å². The van der Waals surface area contributed by atoms with Crippen LogP contribution in [0.5, 0.6) is 0 Å². The Morgan fingerprint density at radius 1 is 1.24 bits per heavy atom. The Labute approximate surface area is 146 Å². The summed E-state index contributed by atoms with van der Waals surface area (Å²) in [6.45, 7) is 5.05. The van der Waals surface area contributed by atoms with Gasteiger partial charge >= 0.3 is 0 Å². The SMILES string of the molecule is CCCn1nc2c(c1C)C(c1ccnn1-c1ccccc1)CC(=O)N2. The van der Waals surface area contributed by atoms with Crippen LogP contribution in [-0.4, -0.2) is 25.5 Å². The second kappa shape index (κ2) is 6.20. The van der Waals surface area contributed by atoms with Crippen LogP contribution in [0.15, 0.2) is 42.6 Å². The maximum absolute atomic E-state index is 12.3. The van der Waals surface area contributed by atoms with Crippen molar-refractivity contribution < 1.29 is 4.79 Å². The smallest absolute Gasteiger partial charge is 0.226 e. The monoisotopic (exact) mass is 335 g/mol. The summed E-state index contributed by atoms with van der Waals surface area (Å²) >= 11 is 0. The van der Waals surface area contributed by atoms with Crippen molar-refractivity contribution in [2.24, 2.45) is 0 Å². The number of nitrogens with zero attached hydrogens (tertiary/aromatic N) is 4. The fraction of sp³-hybridized carbons (Fsp3) is 0.316. The van der Waals surface area contributed by atoms with Crippen LogP contribution in [0.3, 0.4) is 0 Å². The third kappa shape index (κ3) is 2.63. The quantitative estimate of drug-likeness (QED) is 0.796. The number of aryl methyl sites for hydroxylation is 1. The predicted octanol–water partition coefficient (Wildman–Crippen LogP) is 3.26. The van der Waals surface area contributed by atoms with Crippen LogP contribution >= 0.6 is 0 Å². The van der Waals surface area contributed by atoms with Crippen molar-refractivity contribution in [3.8, 4) is 5.69 Å². The maximum atomic E-state index is 12.3. The van der Waals surface area contributed by atoms with Crippen LogP contribution in [0.1, 0.15) is 42.6 Å². The predicted molar refractivity (Wildman–Crippen MR) is 95.9 cm³/mol. The van der Waals surface area contributed by atoms with Crippen LogP contribution in [0.25, 0.3) is 5.69 Å². The number of aromatic nitrogens is 4. The molecule has 0 saturated heterocycles. The zero-order valence-corrected chi connectivity index (χ0v) is 14.4. The fourth-order valence-electron chi connectivity index (χ4n) is 3.58. The average molecular weight is 335 g/mol. The Morgan fingerprint density at radius 2 is 2.04 bits per heavy atom. The molecular weight excluding hydrogens is 314 g/mol. The van der Waals surface area contributed by atoms with Gasteiger partial charge in [0, 0.05) is 36.3 Å². The highest BCUT2D eigenvalue weighted by atomic mass is 16.1. The van der Waals surface area contributed by atoms with E-state index in [9.17, 15) is 4.79 Å². The molecule has 3 heterocycles. The molecule has 0 aliphatic carbocycles. The maximum Gasteiger partial charge on any atom is 0.226 e. The summed E-state index contributed by atoms with van der Waals surface area (Å²) < 4.78 is 3.91. The third-order valence-electron chi connectivity index (χ3n) is 4.71. The van der Waals surface area contributed by atoms with Crippen molar-refractivity contribution in [1.82, 2.24) is 19.6 Å². The third-order valence-corrected chi connectivity index (χ3v) is 4.71. The number of rotatable bonds is 4. The molecule has 3 aromatic rings. The number of hydrogen-bond acceptors (Lipinski definition) is 3. The van der Waals surface area contributed by atoms with Gasteiger partial charge in [0.05, 0.1) is 11.4 Å². The normalized spacial score (nSPS) is 16.6. The minimum Gasteiger partial charge on any atom is -0.309 e. The van der Waals surface area contributed by atoms with Crippen molar-refractivity contribution in [3.63, 3.8) is 0 Å². The number of benzene rings is 1. The van der Waals surface area contributed by atoms with Gasteiger partial charge in [0.25, 0.3) is 0 Å². The highest BCUT2D eigenvalue weighted by molar-refractivity contribution is 5.94. The van der Waals surface area contributed by atoms with E-state index in [0.717, 1.165) is 35.6 Å². The van der Waals surface area contributed by atoms with Gasteiger partial charge in [-0.1, -0.05) is 25.1 Å². The molecule has 2 aromatic heterocycles. The van der Waals surface area contributed by atoms with Crippen molar-refractivity contribution in [2.45, 2.75) is 39.2 Å². The summed E-state index contributed by atoms with van der Waals surface area (Å²) in [5.41, 5.74) is 4.23. The molecule has 0 radical (unpaired) electrons. The number of hydrogen-bond donors (Lipinski definition) is 1. The van der Waals surface area contributed by atoms with Gasteiger partial charge in [0.15, 0.2) is 5.82 Å². The first-order valence-electron chi connectivity index (χ1n) is 8.65. The molecule has 25 heavy (non-hydrogen) atoms. The molecule has 0 fully saturated rings. The Hall–Kier alpha value is -2.89. The summed E-state index contributed by atoms with van der Waals surface area (Å²) in [6.07, 6.45) is 3.20. The fourth-order valence-corrected chi connectivity index (χ4v) is 3.58. The molecule has 4 rings (SSSR count). The van der Waals surface area contributed by atoms with Gasteiger partial charge in [0.1, 0.15) is 0 Å². The van der Waals surface area contributed by atoms with E-state index in [4.69, 9.17) is 0 Å². The number of fused-ring (bicyclic) bond motifs is 1. The highest BCUT2D eigenvalue weighted by Gasteiger charge is 2.33. The first-order chi connectivity index (χ1) is 12.2. The lowest BCUT2D eigenvalue weighted by Crippen LogP contribution is -2.24. The molecule has 1 aliphatic rings. The zero-order valence-electron chi connectivity index (χ0n) is 14.4. The lowest BCUT2D eigenvalue weighted by atomic mass is 9.89. The van der Waals surface area contributed by atoms with Crippen molar-refractivity contribution in [1.29, 1.82) is 0 Å². The van der Waals surface area contributed by atoms with Gasteiger partial charge in [-0.3, -0.25) is 9.48 Å². The first-order valence-corrected chi connectivity index (χ1v) is 8.65. The summed E-state index contributed by atoms with van der Waals surface area (Å²) in [5, 5.41) is 12.0. The summed E-state index contributed by atoms with van der Waals surface area (Å²) in [5.74, 6) is 0.643. The van der Waals surface area contributed by atoms with E-state index in [1.807, 2.05) is 45.8 Å². The molecule has 6 nitrogen and oxygen atoms in total. The Kier molecular flexibility index (Phi) is 3.87. The minimum absolute atomic E-state index is 0.000500. The average Bonchev–Trinajstić information content (AvgIpc) is 3.21. The highest BCUT2D eigenvalue weighted by Crippen LogP contribution is 2.39. The first kappa shape index (κ1) is 15.6. The Bertz CT molecular complexity index is 909. The zero-order chi connectivity index (χ0) is 17.4. The second-order valence-electron chi connectivity index (χ2n) is 6.38. The van der Waals surface area contributed by atoms with Gasteiger partial charge in [-0.05, 0) is 31.5 Å². The van der Waals surface area contributed by atoms with Crippen molar-refractivity contribution in [2.75, 3.05) is 5.32 Å². The number of anilines is 1. The number of nitrogens with one attached hydrogen (secondary N) is 1. The van der Waals surface area contributed by atoms with E-state index in [2.05, 4.69) is 29.4 Å². The van der Waals surface area contributed by atoms with Crippen LogP contribution in [0.4, 0.5) is 5.82 Å². The molecule has 128 valence electrons. The molecule has 1 aromatic carbocycles. The molecule has 1 aliphatic heterocycles. The molecule has 1 N–H and O–H groups in total. The van der Waals surface area contributed by atoms with E-state index < -0.39 is 0 Å². The molecule has 0 bridgehead atoms. The molecule has 1 amide bonds. The van der Waals surface area contributed by atoms with Gasteiger partial charge in [-0.25, -0.2) is 4.68 Å². The van der Waals surface area contributed by atoms with Crippen molar-refractivity contribution in [3.05, 3.63) is 59.5 Å². The summed E-state index contributed by atoms with van der Waals surface area (Å²) in [7, 11) is 0. The largest absolute Gasteiger partial charge is 0.309 e. The lowest BCUT2D eigenvalue weighted by Gasteiger charge is -2.23. The minimum atomic E-state index is -0.0444. The number of para-hydroxylation sites is 1. The van der Waals surface area contributed by atoms with Crippen LogP contribution in [-0.2, 0) is 11.3 Å². The van der Waals surface area contributed by atoms with E-state index >= 15 is 0 Å². The topological polar surface area (TPSA) is 64.7 Å². The number of amides is 1. The Balaban J connectivity index is 1.83. The van der Waals surface area contributed by atoms with Crippen LogP contribution in [0, 0.1) is 6.92 Å². The summed E-state index contributed by atoms with van der Waals surface area (Å²) in [6, 6.07) is 12.0. The molecule has 6 heteroatoms. The van der Waals surface area contributed by atoms with E-state index in [0.29, 0.717) is 12.2 Å². The van der Waals surface area contributed by atoms with E-state index in [-0.39, 0.29) is 11.8 Å². The number of carbonyl (C=O) groups excluding carboxylic acids is 1. The standard InChI is InChI=1S/C19H21N5O/c1-3-11-23-13(2)18-15(12-17(25)21-19(18)22-23)16-9-10-20-24(16)14-7-5-4-6-8-14/h4-10,15H,3,11-12H2,1-2H3,(H,21,22,25). The molecule has 0 saturated carbocycles. The number of carbonyl (C=O) groups is 1. The lowest BCUT2D eigenvalue weighted by molar-refractivity contribution is -0.116. The molecule has 0 spiro atoms. The Morgan fingerprint density at radius 3 is 2.80 bits per heavy atom. The molecular formula is C19H21N5O. The molecule has 1 unspecified atom stereocenters. The van der Waals surface area contributed by atoms with Crippen LogP contribution in [0.2, 0.25) is 0 Å². The van der Waals surface area contributed by atoms with Gasteiger partial charge in [-0.2, -0.15) is 10.2 Å². The van der Waals surface area contributed by atoms with Crippen molar-refractivity contribution >= 4 is 11.7 Å². The van der Waals surface area contributed by atoms with E-state index in [1.54, 1.807) is 6.20 Å². The van der Waals surface area contributed by atoms with Gasteiger partial charge in [-0.15, -0.1) is 0 Å². The summed E-state index contributed by atoms with van der Waals surface area (Å²) in [4.78, 5) is 12.3. The van der Waals surface area contributed by atoms with E-state index in [1.165, 1.54) is 0 Å². The van der Waals surface area contributed by atoms with Gasteiger partial charge in [0.2, 0.25) is 5.91 Å².